The highest BCUT2D eigenvalue weighted by atomic mass is 16.5. The highest BCUT2D eigenvalue weighted by molar-refractivity contribution is 5.74. The topological polar surface area (TPSA) is 58.6 Å². The summed E-state index contributed by atoms with van der Waals surface area (Å²) in [4.78, 5) is 11.1. The van der Waals surface area contributed by atoms with Crippen molar-refractivity contribution in [2.75, 3.05) is 7.11 Å². The van der Waals surface area contributed by atoms with Crippen LogP contribution in [0.1, 0.15) is 24.0 Å². The number of methoxy groups -OCH3 is 1. The molecule has 1 saturated carbocycles. The fraction of sp³-hybridized carbons (Fsp3) is 0.500. The Labute approximate surface area is 107 Å². The van der Waals surface area contributed by atoms with E-state index in [4.69, 9.17) is 9.84 Å². The summed E-state index contributed by atoms with van der Waals surface area (Å²) in [6.07, 6.45) is 2.04. The maximum absolute atomic E-state index is 11.1. The molecule has 1 aromatic rings. The lowest BCUT2D eigenvalue weighted by Crippen LogP contribution is -2.38. The van der Waals surface area contributed by atoms with E-state index in [1.54, 1.807) is 7.11 Å². The number of hydrogen-bond donors (Lipinski definition) is 2. The Kier molecular flexibility index (Phi) is 3.87. The Morgan fingerprint density at radius 2 is 2.28 bits per heavy atom. The molecule has 0 heterocycles. The number of carbonyl (C=O) groups is 1. The van der Waals surface area contributed by atoms with Crippen LogP contribution in [0.15, 0.2) is 18.2 Å². The predicted molar refractivity (Wildman–Crippen MR) is 68.7 cm³/mol. The number of nitrogens with one attached hydrogen (secondary N) is 1. The Morgan fingerprint density at radius 3 is 2.78 bits per heavy atom. The summed E-state index contributed by atoms with van der Waals surface area (Å²) >= 11 is 0. The average molecular weight is 249 g/mol. The zero-order valence-corrected chi connectivity index (χ0v) is 10.8. The molecule has 18 heavy (non-hydrogen) atoms. The summed E-state index contributed by atoms with van der Waals surface area (Å²) < 4.78 is 5.20. The van der Waals surface area contributed by atoms with E-state index in [-0.39, 0.29) is 0 Å². The van der Waals surface area contributed by atoms with Gasteiger partial charge in [0, 0.05) is 6.54 Å². The molecule has 0 aromatic heterocycles. The van der Waals surface area contributed by atoms with Gasteiger partial charge in [0.25, 0.3) is 0 Å². The van der Waals surface area contributed by atoms with Crippen molar-refractivity contribution < 1.29 is 14.6 Å². The summed E-state index contributed by atoms with van der Waals surface area (Å²) in [5.41, 5.74) is 2.15. The summed E-state index contributed by atoms with van der Waals surface area (Å²) in [5.74, 6) is 0.417. The molecule has 0 spiro atoms. The van der Waals surface area contributed by atoms with Crippen molar-refractivity contribution in [1.29, 1.82) is 0 Å². The number of aryl methyl sites for hydroxylation is 1. The van der Waals surface area contributed by atoms with Crippen LogP contribution in [0.2, 0.25) is 0 Å². The summed E-state index contributed by atoms with van der Waals surface area (Å²) in [6, 6.07) is 5.49. The van der Waals surface area contributed by atoms with Gasteiger partial charge in [-0.15, -0.1) is 0 Å². The van der Waals surface area contributed by atoms with Crippen LogP contribution in [-0.4, -0.2) is 24.2 Å². The number of carboxylic acid groups (broad SMARTS) is 1. The third-order valence-corrected chi connectivity index (χ3v) is 3.34. The van der Waals surface area contributed by atoms with Gasteiger partial charge in [0.15, 0.2) is 0 Å². The maximum Gasteiger partial charge on any atom is 0.320 e. The summed E-state index contributed by atoms with van der Waals surface area (Å²) in [7, 11) is 1.65. The van der Waals surface area contributed by atoms with Crippen molar-refractivity contribution in [3.8, 4) is 5.75 Å². The van der Waals surface area contributed by atoms with E-state index in [1.807, 2.05) is 25.1 Å². The first-order chi connectivity index (χ1) is 8.61. The van der Waals surface area contributed by atoms with E-state index in [2.05, 4.69) is 5.32 Å². The minimum Gasteiger partial charge on any atom is -0.496 e. The van der Waals surface area contributed by atoms with Crippen LogP contribution in [0.4, 0.5) is 0 Å². The third kappa shape index (κ3) is 3.01. The van der Waals surface area contributed by atoms with E-state index in [0.29, 0.717) is 12.5 Å². The highest BCUT2D eigenvalue weighted by Crippen LogP contribution is 2.33. The number of aliphatic carboxylic acids is 1. The Bertz CT molecular complexity index is 441. The molecule has 4 heteroatoms. The molecule has 98 valence electrons. The molecule has 1 aliphatic carbocycles. The van der Waals surface area contributed by atoms with E-state index in [9.17, 15) is 4.79 Å². The lowest BCUT2D eigenvalue weighted by molar-refractivity contribution is -0.140. The number of carboxylic acids is 1. The van der Waals surface area contributed by atoms with Gasteiger partial charge in [-0.2, -0.15) is 0 Å². The van der Waals surface area contributed by atoms with Gasteiger partial charge in [-0.25, -0.2) is 0 Å². The molecule has 0 bridgehead atoms. The minimum atomic E-state index is -0.747. The molecule has 2 N–H and O–H groups in total. The molecule has 1 aliphatic rings. The largest absolute Gasteiger partial charge is 0.496 e. The van der Waals surface area contributed by atoms with Crippen molar-refractivity contribution in [2.45, 2.75) is 32.4 Å². The molecule has 0 amide bonds. The molecule has 0 radical (unpaired) electrons. The van der Waals surface area contributed by atoms with Crippen LogP contribution < -0.4 is 10.1 Å². The van der Waals surface area contributed by atoms with Crippen molar-refractivity contribution >= 4 is 5.97 Å². The smallest absolute Gasteiger partial charge is 0.320 e. The first-order valence-corrected chi connectivity index (χ1v) is 6.21. The van der Waals surface area contributed by atoms with Crippen LogP contribution in [0.3, 0.4) is 0 Å². The standard InChI is InChI=1S/C14H19NO3/c1-9-7-10(3-6-12(9)18-2)8-15-13(14(16)17)11-4-5-11/h3,6-7,11,13,15H,4-5,8H2,1-2H3,(H,16,17). The fourth-order valence-corrected chi connectivity index (χ4v) is 2.16. The predicted octanol–water partition coefficient (Wildman–Crippen LogP) is 1.96. The second-order valence-corrected chi connectivity index (χ2v) is 4.84. The maximum atomic E-state index is 11.1. The van der Waals surface area contributed by atoms with Gasteiger partial charge in [-0.3, -0.25) is 4.79 Å². The van der Waals surface area contributed by atoms with E-state index < -0.39 is 12.0 Å². The van der Waals surface area contributed by atoms with Gasteiger partial charge < -0.3 is 15.2 Å². The molecule has 0 saturated heterocycles. The van der Waals surface area contributed by atoms with Crippen molar-refractivity contribution in [3.63, 3.8) is 0 Å². The SMILES string of the molecule is COc1ccc(CNC(C(=O)O)C2CC2)cc1C. The molecule has 1 atom stereocenters. The normalized spacial score (nSPS) is 16.3. The number of benzene rings is 1. The molecule has 1 aromatic carbocycles. The van der Waals surface area contributed by atoms with Crippen LogP contribution in [0.25, 0.3) is 0 Å². The lowest BCUT2D eigenvalue weighted by atomic mass is 10.1. The second kappa shape index (κ2) is 5.40. The van der Waals surface area contributed by atoms with Crippen molar-refractivity contribution in [1.82, 2.24) is 5.32 Å². The third-order valence-electron chi connectivity index (χ3n) is 3.34. The monoisotopic (exact) mass is 249 g/mol. The average Bonchev–Trinajstić information content (AvgIpc) is 3.13. The molecular weight excluding hydrogens is 230 g/mol. The molecule has 2 rings (SSSR count). The van der Waals surface area contributed by atoms with E-state index >= 15 is 0 Å². The summed E-state index contributed by atoms with van der Waals surface area (Å²) in [6.45, 7) is 2.57. The molecule has 1 fully saturated rings. The van der Waals surface area contributed by atoms with Gasteiger partial charge in [-0.05, 0) is 42.9 Å². The van der Waals surface area contributed by atoms with Crippen molar-refractivity contribution in [2.24, 2.45) is 5.92 Å². The van der Waals surface area contributed by atoms with E-state index in [0.717, 1.165) is 29.7 Å². The first-order valence-electron chi connectivity index (χ1n) is 6.21. The number of ether oxygens (including phenoxy) is 1. The second-order valence-electron chi connectivity index (χ2n) is 4.84. The zero-order valence-electron chi connectivity index (χ0n) is 10.8. The Balaban J connectivity index is 1.96. The Hall–Kier alpha value is -1.55. The summed E-state index contributed by atoms with van der Waals surface area (Å²) in [5, 5.41) is 12.2. The van der Waals surface area contributed by atoms with Crippen molar-refractivity contribution in [3.05, 3.63) is 29.3 Å². The minimum absolute atomic E-state index is 0.307. The van der Waals surface area contributed by atoms with Gasteiger partial charge in [0.1, 0.15) is 11.8 Å². The van der Waals surface area contributed by atoms with Crippen LogP contribution in [0.5, 0.6) is 5.75 Å². The Morgan fingerprint density at radius 1 is 1.56 bits per heavy atom. The van der Waals surface area contributed by atoms with Gasteiger partial charge in [0.05, 0.1) is 7.11 Å². The quantitative estimate of drug-likeness (QED) is 0.809. The van der Waals surface area contributed by atoms with Crippen LogP contribution >= 0.6 is 0 Å². The lowest BCUT2D eigenvalue weighted by Gasteiger charge is -2.14. The first kappa shape index (κ1) is 12.9. The van der Waals surface area contributed by atoms with E-state index in [1.165, 1.54) is 0 Å². The number of hydrogen-bond acceptors (Lipinski definition) is 3. The number of rotatable bonds is 6. The molecular formula is C14H19NO3. The molecule has 1 unspecified atom stereocenters. The van der Waals surface area contributed by atoms with Crippen LogP contribution in [-0.2, 0) is 11.3 Å². The fourth-order valence-electron chi connectivity index (χ4n) is 2.16. The van der Waals surface area contributed by atoms with Crippen LogP contribution in [0, 0.1) is 12.8 Å². The van der Waals surface area contributed by atoms with Gasteiger partial charge in [-0.1, -0.05) is 12.1 Å². The zero-order chi connectivity index (χ0) is 13.1. The highest BCUT2D eigenvalue weighted by Gasteiger charge is 2.35. The molecule has 0 aliphatic heterocycles. The molecule has 4 nitrogen and oxygen atoms in total. The van der Waals surface area contributed by atoms with Gasteiger partial charge in [0.2, 0.25) is 0 Å². The van der Waals surface area contributed by atoms with Gasteiger partial charge >= 0.3 is 5.97 Å².